The lowest BCUT2D eigenvalue weighted by Gasteiger charge is -2.19. The highest BCUT2D eigenvalue weighted by molar-refractivity contribution is 6.12. The molecular formula is C34H26N4O. The van der Waals surface area contributed by atoms with Crippen LogP contribution in [0.15, 0.2) is 89.3 Å². The second-order valence-corrected chi connectivity index (χ2v) is 11.1. The molecular weight excluding hydrogens is 480 g/mol. The van der Waals surface area contributed by atoms with E-state index < -0.39 is 0 Å². The summed E-state index contributed by atoms with van der Waals surface area (Å²) in [6, 6.07) is 31.4. The lowest BCUT2D eigenvalue weighted by Crippen LogP contribution is -2.11. The van der Waals surface area contributed by atoms with Gasteiger partial charge in [-0.15, -0.1) is 0 Å². The van der Waals surface area contributed by atoms with Gasteiger partial charge in [-0.3, -0.25) is 4.57 Å². The summed E-state index contributed by atoms with van der Waals surface area (Å²) in [5, 5.41) is 13.8. The molecule has 0 aliphatic rings. The van der Waals surface area contributed by atoms with Gasteiger partial charge in [0.1, 0.15) is 11.4 Å². The molecule has 7 rings (SSSR count). The van der Waals surface area contributed by atoms with Crippen LogP contribution in [-0.4, -0.2) is 14.5 Å². The first-order chi connectivity index (χ1) is 18.8. The van der Waals surface area contributed by atoms with Gasteiger partial charge >= 0.3 is 0 Å². The van der Waals surface area contributed by atoms with Crippen LogP contribution in [0.1, 0.15) is 37.6 Å². The quantitative estimate of drug-likeness (QED) is 0.235. The molecule has 0 atom stereocenters. The van der Waals surface area contributed by atoms with Crippen molar-refractivity contribution in [2.45, 2.75) is 33.1 Å². The molecule has 39 heavy (non-hydrogen) atoms. The molecule has 4 aromatic carbocycles. The van der Waals surface area contributed by atoms with E-state index in [1.54, 1.807) is 0 Å². The molecule has 3 heterocycles. The number of aryl methyl sites for hydroxylation is 1. The number of fused-ring (bicyclic) bond motifs is 6. The fourth-order valence-corrected chi connectivity index (χ4v) is 5.49. The largest absolute Gasteiger partial charge is 0.437 e. The van der Waals surface area contributed by atoms with E-state index in [1.165, 1.54) is 5.56 Å². The van der Waals surface area contributed by atoms with Gasteiger partial charge in [-0.2, -0.15) is 5.26 Å². The van der Waals surface area contributed by atoms with Crippen LogP contribution in [0.3, 0.4) is 0 Å². The second-order valence-electron chi connectivity index (χ2n) is 11.1. The summed E-state index contributed by atoms with van der Waals surface area (Å²) in [7, 11) is 0. The standard InChI is InChI=1S/C34H26N4O/c1-20-9-16-26-29-22(19-35)10-17-27(31(29)39-33(26)36-20)32-37-30-25-8-6-5-7-21(25)11-18-28(30)38(32)24-14-12-23(13-15-24)34(2,3)4/h5-18H,1-4H3. The average Bonchev–Trinajstić information content (AvgIpc) is 3.51. The van der Waals surface area contributed by atoms with Crippen molar-refractivity contribution in [1.82, 2.24) is 14.5 Å². The number of hydrogen-bond donors (Lipinski definition) is 0. The summed E-state index contributed by atoms with van der Waals surface area (Å²) in [5.41, 5.74) is 7.64. The molecule has 0 unspecified atom stereocenters. The predicted molar refractivity (Wildman–Crippen MR) is 157 cm³/mol. The Labute approximate surface area is 226 Å². The topological polar surface area (TPSA) is 67.6 Å². The molecule has 188 valence electrons. The van der Waals surface area contributed by atoms with Gasteiger partial charge in [-0.1, -0.05) is 63.2 Å². The van der Waals surface area contributed by atoms with Crippen molar-refractivity contribution in [2.24, 2.45) is 0 Å². The molecule has 0 radical (unpaired) electrons. The van der Waals surface area contributed by atoms with Crippen molar-refractivity contribution in [2.75, 3.05) is 0 Å². The summed E-state index contributed by atoms with van der Waals surface area (Å²) >= 11 is 0. The minimum absolute atomic E-state index is 0.0489. The first-order valence-electron chi connectivity index (χ1n) is 13.1. The molecule has 0 aliphatic carbocycles. The molecule has 0 saturated carbocycles. The van der Waals surface area contributed by atoms with Gasteiger partial charge in [0.25, 0.3) is 0 Å². The van der Waals surface area contributed by atoms with Crippen LogP contribution in [0.5, 0.6) is 0 Å². The van der Waals surface area contributed by atoms with Crippen molar-refractivity contribution in [1.29, 1.82) is 5.26 Å². The summed E-state index contributed by atoms with van der Waals surface area (Å²) in [5.74, 6) is 0.759. The SMILES string of the molecule is Cc1ccc2c(n1)oc1c(-c3nc4c5ccccc5ccc4n3-c3ccc(C(C)(C)C)cc3)ccc(C#N)c12. The molecule has 0 aliphatic heterocycles. The molecule has 0 amide bonds. The maximum Gasteiger partial charge on any atom is 0.227 e. The van der Waals surface area contributed by atoms with Crippen LogP contribution in [0.4, 0.5) is 0 Å². The lowest BCUT2D eigenvalue weighted by molar-refractivity contribution is 0.590. The Morgan fingerprint density at radius 2 is 1.62 bits per heavy atom. The lowest BCUT2D eigenvalue weighted by atomic mass is 9.87. The number of hydrogen-bond acceptors (Lipinski definition) is 4. The first-order valence-corrected chi connectivity index (χ1v) is 13.1. The smallest absolute Gasteiger partial charge is 0.227 e. The van der Waals surface area contributed by atoms with Crippen molar-refractivity contribution >= 4 is 43.9 Å². The average molecular weight is 507 g/mol. The molecule has 0 saturated heterocycles. The van der Waals surface area contributed by atoms with Crippen LogP contribution in [0.25, 0.3) is 61.0 Å². The third-order valence-corrected chi connectivity index (χ3v) is 7.53. The monoisotopic (exact) mass is 506 g/mol. The Kier molecular flexibility index (Phi) is 4.92. The second kappa shape index (κ2) is 8.28. The molecule has 3 aromatic heterocycles. The number of aromatic nitrogens is 3. The number of nitrogens with zero attached hydrogens (tertiary/aromatic N) is 4. The minimum Gasteiger partial charge on any atom is -0.437 e. The first kappa shape index (κ1) is 23.2. The minimum atomic E-state index is 0.0489. The van der Waals surface area contributed by atoms with Crippen LogP contribution < -0.4 is 0 Å². The van der Waals surface area contributed by atoms with Crippen LogP contribution >= 0.6 is 0 Å². The number of rotatable bonds is 2. The van der Waals surface area contributed by atoms with Crippen molar-refractivity contribution in [3.63, 3.8) is 0 Å². The molecule has 0 N–H and O–H groups in total. The third-order valence-electron chi connectivity index (χ3n) is 7.53. The summed E-state index contributed by atoms with van der Waals surface area (Å²) in [4.78, 5) is 9.87. The van der Waals surface area contributed by atoms with Gasteiger partial charge in [0.05, 0.1) is 28.2 Å². The molecule has 7 aromatic rings. The van der Waals surface area contributed by atoms with Crippen molar-refractivity contribution in [3.8, 4) is 23.1 Å². The zero-order chi connectivity index (χ0) is 26.9. The van der Waals surface area contributed by atoms with Gasteiger partial charge in [0, 0.05) is 27.5 Å². The number of benzene rings is 4. The van der Waals surface area contributed by atoms with E-state index in [0.29, 0.717) is 16.9 Å². The van der Waals surface area contributed by atoms with Gasteiger partial charge in [0.2, 0.25) is 5.71 Å². The van der Waals surface area contributed by atoms with Crippen LogP contribution in [0, 0.1) is 18.3 Å². The van der Waals surface area contributed by atoms with Gasteiger partial charge in [-0.25, -0.2) is 9.97 Å². The summed E-state index contributed by atoms with van der Waals surface area (Å²) < 4.78 is 8.58. The number of imidazole rings is 1. The van der Waals surface area contributed by atoms with Crippen LogP contribution in [-0.2, 0) is 5.41 Å². The van der Waals surface area contributed by atoms with Gasteiger partial charge in [-0.05, 0) is 65.8 Å². The highest BCUT2D eigenvalue weighted by Gasteiger charge is 2.23. The van der Waals surface area contributed by atoms with Crippen LogP contribution in [0.2, 0.25) is 0 Å². The predicted octanol–water partition coefficient (Wildman–Crippen LogP) is 8.62. The van der Waals surface area contributed by atoms with E-state index >= 15 is 0 Å². The highest BCUT2D eigenvalue weighted by Crippen LogP contribution is 2.40. The summed E-state index contributed by atoms with van der Waals surface area (Å²) in [6.07, 6.45) is 0. The molecule has 0 fully saturated rings. The van der Waals surface area contributed by atoms with Crippen molar-refractivity contribution in [3.05, 3.63) is 102 Å². The van der Waals surface area contributed by atoms with E-state index in [4.69, 9.17) is 9.40 Å². The number of furan rings is 1. The highest BCUT2D eigenvalue weighted by atomic mass is 16.3. The van der Waals surface area contributed by atoms with Gasteiger partial charge < -0.3 is 4.42 Å². The Morgan fingerprint density at radius 1 is 0.821 bits per heavy atom. The Morgan fingerprint density at radius 3 is 2.38 bits per heavy atom. The maximum absolute atomic E-state index is 9.95. The zero-order valence-corrected chi connectivity index (χ0v) is 22.3. The maximum atomic E-state index is 9.95. The molecule has 5 heteroatoms. The molecule has 5 nitrogen and oxygen atoms in total. The molecule has 0 spiro atoms. The van der Waals surface area contributed by atoms with E-state index in [0.717, 1.165) is 55.3 Å². The number of nitriles is 1. The van der Waals surface area contributed by atoms with E-state index in [9.17, 15) is 5.26 Å². The fourth-order valence-electron chi connectivity index (χ4n) is 5.49. The number of pyridine rings is 1. The Bertz CT molecular complexity index is 2120. The normalized spacial score (nSPS) is 12.1. The summed E-state index contributed by atoms with van der Waals surface area (Å²) in [6.45, 7) is 8.59. The third kappa shape index (κ3) is 3.53. The zero-order valence-electron chi connectivity index (χ0n) is 22.3. The fraction of sp³-hybridized carbons (Fsp3) is 0.147. The van der Waals surface area contributed by atoms with E-state index in [1.807, 2.05) is 43.3 Å². The Hall–Kier alpha value is -4.95. The Balaban J connectivity index is 1.60. The van der Waals surface area contributed by atoms with Crippen molar-refractivity contribution < 1.29 is 4.42 Å². The van der Waals surface area contributed by atoms with Gasteiger partial charge in [0.15, 0.2) is 0 Å². The molecule has 0 bridgehead atoms. The van der Waals surface area contributed by atoms with E-state index in [2.05, 4.69) is 84.9 Å². The van der Waals surface area contributed by atoms with E-state index in [-0.39, 0.29) is 5.41 Å².